The number of benzene rings is 2. The standard InChI is InChI=1S/C7H5BrO4.C7H7NO4/c2*8-4-2-1-3(7(11)12)5(9)6(4)10/h1-2,9-10H,(H,11,12);1-2,9-10H,8H2,(H,11,12). The van der Waals surface area contributed by atoms with Gasteiger partial charge in [-0.2, -0.15) is 0 Å². The molecule has 0 aromatic heterocycles. The molecular formula is C14H12BrNO8. The average Bonchev–Trinajstić information content (AvgIpc) is 2.50. The van der Waals surface area contributed by atoms with Crippen LogP contribution in [-0.4, -0.2) is 42.6 Å². The second kappa shape index (κ2) is 7.42. The first-order valence-electron chi connectivity index (χ1n) is 6.05. The topological polar surface area (TPSA) is 182 Å². The Morgan fingerprint density at radius 3 is 1.62 bits per heavy atom. The minimum atomic E-state index is -1.32. The monoisotopic (exact) mass is 401 g/mol. The molecule has 24 heavy (non-hydrogen) atoms. The van der Waals surface area contributed by atoms with Crippen molar-refractivity contribution in [1.29, 1.82) is 0 Å². The number of hydrogen-bond acceptors (Lipinski definition) is 7. The van der Waals surface area contributed by atoms with Crippen LogP contribution in [-0.2, 0) is 0 Å². The molecule has 8 N–H and O–H groups in total. The van der Waals surface area contributed by atoms with Gasteiger partial charge >= 0.3 is 11.9 Å². The zero-order chi connectivity index (χ0) is 18.6. The van der Waals surface area contributed by atoms with Gasteiger partial charge in [-0.1, -0.05) is 0 Å². The zero-order valence-corrected chi connectivity index (χ0v) is 13.4. The summed E-state index contributed by atoms with van der Waals surface area (Å²) in [5, 5.41) is 53.2. The van der Waals surface area contributed by atoms with Gasteiger partial charge in [0.2, 0.25) is 0 Å². The zero-order valence-electron chi connectivity index (χ0n) is 11.8. The molecule has 0 spiro atoms. The third-order valence-electron chi connectivity index (χ3n) is 2.75. The van der Waals surface area contributed by atoms with Crippen molar-refractivity contribution in [3.8, 4) is 23.0 Å². The van der Waals surface area contributed by atoms with Crippen LogP contribution in [0.1, 0.15) is 20.7 Å². The van der Waals surface area contributed by atoms with Gasteiger partial charge in [0.05, 0.1) is 10.2 Å². The van der Waals surface area contributed by atoms with Crippen LogP contribution in [0.5, 0.6) is 23.0 Å². The third kappa shape index (κ3) is 3.98. The summed E-state index contributed by atoms with van der Waals surface area (Å²) in [7, 11) is 0. The summed E-state index contributed by atoms with van der Waals surface area (Å²) in [6.45, 7) is 0. The number of hydrogen-bond donors (Lipinski definition) is 7. The van der Waals surface area contributed by atoms with E-state index in [1.807, 2.05) is 0 Å². The van der Waals surface area contributed by atoms with E-state index in [4.69, 9.17) is 36.4 Å². The SMILES string of the molecule is Nc1ccc(C(=O)O)c(O)c1O.O=C(O)c1ccc(Br)c(O)c1O. The second-order valence-corrected chi connectivity index (χ2v) is 5.16. The Morgan fingerprint density at radius 2 is 1.17 bits per heavy atom. The number of phenolic OH excluding ortho intramolecular Hbond substituents is 2. The Morgan fingerprint density at radius 1 is 0.750 bits per heavy atom. The van der Waals surface area contributed by atoms with Crippen molar-refractivity contribution >= 4 is 33.6 Å². The predicted octanol–water partition coefficient (Wildman–Crippen LogP) is 1.94. The van der Waals surface area contributed by atoms with Crippen LogP contribution in [0.25, 0.3) is 0 Å². The molecule has 0 fully saturated rings. The number of nitrogens with two attached hydrogens (primary N) is 1. The fourth-order valence-electron chi connectivity index (χ4n) is 1.50. The Labute approximate surface area is 143 Å². The summed E-state index contributed by atoms with van der Waals surface area (Å²) in [4.78, 5) is 20.8. The normalized spacial score (nSPS) is 9.71. The summed E-state index contributed by atoms with van der Waals surface area (Å²) in [5.74, 6) is -5.00. The molecule has 0 radical (unpaired) electrons. The van der Waals surface area contributed by atoms with E-state index in [0.717, 1.165) is 6.07 Å². The van der Waals surface area contributed by atoms with Crippen LogP contribution < -0.4 is 5.73 Å². The summed E-state index contributed by atoms with van der Waals surface area (Å²) >= 11 is 2.93. The van der Waals surface area contributed by atoms with Crippen LogP contribution in [0.2, 0.25) is 0 Å². The largest absolute Gasteiger partial charge is 0.504 e. The third-order valence-corrected chi connectivity index (χ3v) is 3.39. The highest BCUT2D eigenvalue weighted by Crippen LogP contribution is 2.36. The molecule has 0 saturated carbocycles. The van der Waals surface area contributed by atoms with Crippen LogP contribution in [0.3, 0.4) is 0 Å². The maximum absolute atomic E-state index is 10.4. The van der Waals surface area contributed by atoms with Crippen molar-refractivity contribution in [3.05, 3.63) is 39.9 Å². The lowest BCUT2D eigenvalue weighted by Gasteiger charge is -2.03. The number of rotatable bonds is 2. The lowest BCUT2D eigenvalue weighted by atomic mass is 10.1. The van der Waals surface area contributed by atoms with Crippen LogP contribution in [0.4, 0.5) is 5.69 Å². The molecule has 2 aromatic rings. The van der Waals surface area contributed by atoms with Crippen LogP contribution in [0.15, 0.2) is 28.7 Å². The molecule has 0 bridgehead atoms. The van der Waals surface area contributed by atoms with E-state index < -0.39 is 34.9 Å². The molecule has 0 atom stereocenters. The molecule has 10 heteroatoms. The van der Waals surface area contributed by atoms with Gasteiger partial charge in [0, 0.05) is 0 Å². The van der Waals surface area contributed by atoms with E-state index in [2.05, 4.69) is 15.9 Å². The highest BCUT2D eigenvalue weighted by Gasteiger charge is 2.15. The van der Waals surface area contributed by atoms with Gasteiger partial charge in [-0.05, 0) is 40.2 Å². The highest BCUT2D eigenvalue weighted by molar-refractivity contribution is 9.10. The first-order chi connectivity index (χ1) is 11.1. The first kappa shape index (κ1) is 18.9. The predicted molar refractivity (Wildman–Crippen MR) is 85.6 cm³/mol. The Kier molecular flexibility index (Phi) is 5.84. The summed E-state index contributed by atoms with van der Waals surface area (Å²) in [6.07, 6.45) is 0. The average molecular weight is 402 g/mol. The minimum absolute atomic E-state index is 0.0579. The van der Waals surface area contributed by atoms with E-state index in [9.17, 15) is 9.59 Å². The molecule has 0 aliphatic carbocycles. The Hall–Kier alpha value is -3.14. The molecule has 2 rings (SSSR count). The molecule has 0 aliphatic rings. The highest BCUT2D eigenvalue weighted by atomic mass is 79.9. The quantitative estimate of drug-likeness (QED) is 0.292. The van der Waals surface area contributed by atoms with Gasteiger partial charge in [-0.25, -0.2) is 9.59 Å². The number of phenols is 4. The van der Waals surface area contributed by atoms with Crippen molar-refractivity contribution in [1.82, 2.24) is 0 Å². The second-order valence-electron chi connectivity index (χ2n) is 4.30. The maximum atomic E-state index is 10.4. The lowest BCUT2D eigenvalue weighted by molar-refractivity contribution is 0.0681. The van der Waals surface area contributed by atoms with Crippen molar-refractivity contribution in [3.63, 3.8) is 0 Å². The molecule has 0 unspecified atom stereocenters. The van der Waals surface area contributed by atoms with Gasteiger partial charge in [-0.15, -0.1) is 0 Å². The van der Waals surface area contributed by atoms with Crippen molar-refractivity contribution < 1.29 is 40.2 Å². The minimum Gasteiger partial charge on any atom is -0.504 e. The number of aromatic hydroxyl groups is 4. The van der Waals surface area contributed by atoms with Crippen LogP contribution in [0, 0.1) is 0 Å². The molecule has 0 amide bonds. The number of carboxylic acids is 2. The van der Waals surface area contributed by atoms with E-state index >= 15 is 0 Å². The number of carbonyl (C=O) groups is 2. The Bertz CT molecular complexity index is 738. The van der Waals surface area contributed by atoms with E-state index in [1.54, 1.807) is 0 Å². The maximum Gasteiger partial charge on any atom is 0.339 e. The molecular weight excluding hydrogens is 390 g/mol. The first-order valence-corrected chi connectivity index (χ1v) is 6.84. The Balaban J connectivity index is 0.000000240. The summed E-state index contributed by atoms with van der Waals surface area (Å²) in [5.41, 5.74) is 4.43. The molecule has 128 valence electrons. The van der Waals surface area contributed by atoms with Crippen molar-refractivity contribution in [2.24, 2.45) is 0 Å². The number of anilines is 1. The van der Waals surface area contributed by atoms with Gasteiger partial charge < -0.3 is 36.4 Å². The fraction of sp³-hybridized carbons (Fsp3) is 0. The van der Waals surface area contributed by atoms with E-state index in [1.165, 1.54) is 18.2 Å². The number of halogens is 1. The van der Waals surface area contributed by atoms with Gasteiger partial charge in [-0.3, -0.25) is 0 Å². The van der Waals surface area contributed by atoms with Crippen molar-refractivity contribution in [2.45, 2.75) is 0 Å². The van der Waals surface area contributed by atoms with Crippen LogP contribution >= 0.6 is 15.9 Å². The molecule has 2 aromatic carbocycles. The smallest absolute Gasteiger partial charge is 0.339 e. The van der Waals surface area contributed by atoms with E-state index in [-0.39, 0.29) is 21.3 Å². The van der Waals surface area contributed by atoms with E-state index in [0.29, 0.717) is 0 Å². The number of carboxylic acid groups (broad SMARTS) is 2. The van der Waals surface area contributed by atoms with Gasteiger partial charge in [0.15, 0.2) is 23.0 Å². The molecule has 0 saturated heterocycles. The summed E-state index contributed by atoms with van der Waals surface area (Å²) < 4.78 is 0.255. The van der Waals surface area contributed by atoms with Gasteiger partial charge in [0.1, 0.15) is 11.1 Å². The number of nitrogen functional groups attached to an aromatic ring is 1. The summed E-state index contributed by atoms with van der Waals surface area (Å²) in [6, 6.07) is 4.87. The fourth-order valence-corrected chi connectivity index (χ4v) is 1.82. The van der Waals surface area contributed by atoms with Crippen molar-refractivity contribution in [2.75, 3.05) is 5.73 Å². The van der Waals surface area contributed by atoms with Gasteiger partial charge in [0.25, 0.3) is 0 Å². The molecule has 0 heterocycles. The molecule has 0 aliphatic heterocycles. The lowest BCUT2D eigenvalue weighted by Crippen LogP contribution is -1.98. The molecule has 9 nitrogen and oxygen atoms in total. The number of aromatic carboxylic acids is 2.